The van der Waals surface area contributed by atoms with Crippen LogP contribution < -0.4 is 10.6 Å². The van der Waals surface area contributed by atoms with Gasteiger partial charge in [-0.25, -0.2) is 4.98 Å². The summed E-state index contributed by atoms with van der Waals surface area (Å²) in [6, 6.07) is 11.6. The number of nitrogens with zero attached hydrogens (tertiary/aromatic N) is 1. The Morgan fingerprint density at radius 3 is 2.62 bits per heavy atom. The van der Waals surface area contributed by atoms with Gasteiger partial charge in [0.25, 0.3) is 0 Å². The Labute approximate surface area is 124 Å². The van der Waals surface area contributed by atoms with E-state index in [2.05, 4.69) is 22.2 Å². The van der Waals surface area contributed by atoms with Crippen LogP contribution >= 0.6 is 0 Å². The lowest BCUT2D eigenvalue weighted by molar-refractivity contribution is -0.115. The van der Waals surface area contributed by atoms with E-state index in [1.54, 1.807) is 12.3 Å². The highest BCUT2D eigenvalue weighted by Crippen LogP contribution is 2.11. The number of carbonyl (C=O) groups excluding carboxylic acids is 1. The van der Waals surface area contributed by atoms with Crippen LogP contribution in [0.5, 0.6) is 0 Å². The van der Waals surface area contributed by atoms with Gasteiger partial charge in [-0.3, -0.25) is 4.79 Å². The number of amides is 1. The Kier molecular flexibility index (Phi) is 5.10. The predicted octanol–water partition coefficient (Wildman–Crippen LogP) is 3.17. The summed E-state index contributed by atoms with van der Waals surface area (Å²) in [6.45, 7) is 6.31. The number of hydrogen-bond donors (Lipinski definition) is 2. The molecule has 1 aromatic heterocycles. The molecule has 1 heterocycles. The lowest BCUT2D eigenvalue weighted by Gasteiger charge is -2.07. The first-order chi connectivity index (χ1) is 10.2. The maximum Gasteiger partial charge on any atom is 0.228 e. The van der Waals surface area contributed by atoms with Crippen molar-refractivity contribution in [3.63, 3.8) is 0 Å². The van der Waals surface area contributed by atoms with Crippen LogP contribution in [0.15, 0.2) is 55.3 Å². The first-order valence-electron chi connectivity index (χ1n) is 6.83. The van der Waals surface area contributed by atoms with Crippen LogP contribution in [0.25, 0.3) is 0 Å². The summed E-state index contributed by atoms with van der Waals surface area (Å²) in [4.78, 5) is 16.2. The molecule has 1 amide bonds. The number of aromatic nitrogens is 1. The second-order valence-electron chi connectivity index (χ2n) is 4.81. The largest absolute Gasteiger partial charge is 0.367 e. The minimum absolute atomic E-state index is 0.0487. The molecule has 0 bridgehead atoms. The van der Waals surface area contributed by atoms with Crippen LogP contribution in [0.3, 0.4) is 0 Å². The summed E-state index contributed by atoms with van der Waals surface area (Å²) >= 11 is 0. The molecule has 2 rings (SSSR count). The van der Waals surface area contributed by atoms with E-state index in [0.717, 1.165) is 11.4 Å². The van der Waals surface area contributed by atoms with Crippen LogP contribution in [0.4, 0.5) is 11.5 Å². The smallest absolute Gasteiger partial charge is 0.228 e. The number of nitrogens with one attached hydrogen (secondary N) is 2. The summed E-state index contributed by atoms with van der Waals surface area (Å²) in [5.74, 6) is 0.707. The van der Waals surface area contributed by atoms with Crippen LogP contribution in [0.1, 0.15) is 11.1 Å². The van der Waals surface area contributed by atoms with Crippen LogP contribution in [-0.4, -0.2) is 17.4 Å². The fraction of sp³-hybridized carbons (Fsp3) is 0.176. The van der Waals surface area contributed by atoms with E-state index in [1.165, 1.54) is 5.56 Å². The highest BCUT2D eigenvalue weighted by atomic mass is 16.1. The van der Waals surface area contributed by atoms with E-state index in [-0.39, 0.29) is 5.91 Å². The average molecular weight is 281 g/mol. The number of hydrogen-bond acceptors (Lipinski definition) is 3. The highest BCUT2D eigenvalue weighted by Gasteiger charge is 2.04. The zero-order valence-electron chi connectivity index (χ0n) is 12.1. The molecule has 0 radical (unpaired) electrons. The van der Waals surface area contributed by atoms with E-state index in [9.17, 15) is 4.79 Å². The van der Waals surface area contributed by atoms with Gasteiger partial charge >= 0.3 is 0 Å². The number of pyridine rings is 1. The third-order valence-corrected chi connectivity index (χ3v) is 2.96. The number of rotatable bonds is 6. The molecule has 2 N–H and O–H groups in total. The fourth-order valence-electron chi connectivity index (χ4n) is 1.85. The van der Waals surface area contributed by atoms with Gasteiger partial charge in [-0.15, -0.1) is 6.58 Å². The lowest BCUT2D eigenvalue weighted by atomic mass is 10.1. The van der Waals surface area contributed by atoms with Gasteiger partial charge in [-0.1, -0.05) is 35.9 Å². The topological polar surface area (TPSA) is 54.0 Å². The molecule has 0 aliphatic heterocycles. The van der Waals surface area contributed by atoms with Crippen molar-refractivity contribution in [2.45, 2.75) is 13.3 Å². The molecule has 4 heteroatoms. The van der Waals surface area contributed by atoms with Crippen LogP contribution in [0.2, 0.25) is 0 Å². The van der Waals surface area contributed by atoms with E-state index in [0.29, 0.717) is 18.7 Å². The molecule has 0 atom stereocenters. The lowest BCUT2D eigenvalue weighted by Crippen LogP contribution is -2.14. The molecule has 1 aromatic carbocycles. The van der Waals surface area contributed by atoms with Crippen molar-refractivity contribution < 1.29 is 4.79 Å². The van der Waals surface area contributed by atoms with Crippen LogP contribution in [-0.2, 0) is 11.2 Å². The Morgan fingerprint density at radius 1 is 1.24 bits per heavy atom. The highest BCUT2D eigenvalue weighted by molar-refractivity contribution is 5.92. The Morgan fingerprint density at radius 2 is 2.00 bits per heavy atom. The number of anilines is 2. The molecular weight excluding hydrogens is 262 g/mol. The fourth-order valence-corrected chi connectivity index (χ4v) is 1.85. The van der Waals surface area contributed by atoms with Crippen molar-refractivity contribution in [3.8, 4) is 0 Å². The second-order valence-corrected chi connectivity index (χ2v) is 4.81. The Balaban J connectivity index is 1.90. The summed E-state index contributed by atoms with van der Waals surface area (Å²) in [5.41, 5.74) is 2.87. The molecule has 0 saturated heterocycles. The van der Waals surface area contributed by atoms with Gasteiger partial charge < -0.3 is 10.6 Å². The SMILES string of the molecule is C=CCNc1ccc(NC(=O)Cc2ccc(C)cc2)cn1. The minimum Gasteiger partial charge on any atom is -0.367 e. The molecule has 2 aromatic rings. The summed E-state index contributed by atoms with van der Waals surface area (Å²) < 4.78 is 0. The zero-order valence-corrected chi connectivity index (χ0v) is 12.1. The van der Waals surface area contributed by atoms with Gasteiger partial charge in [0.05, 0.1) is 18.3 Å². The molecule has 0 fully saturated rings. The molecule has 0 aliphatic rings. The number of carbonyl (C=O) groups is 1. The number of benzene rings is 1. The third-order valence-electron chi connectivity index (χ3n) is 2.96. The van der Waals surface area contributed by atoms with Crippen molar-refractivity contribution in [2.75, 3.05) is 17.2 Å². The minimum atomic E-state index is -0.0487. The summed E-state index contributed by atoms with van der Waals surface area (Å²) in [7, 11) is 0. The molecule has 0 saturated carbocycles. The third kappa shape index (κ3) is 4.76. The van der Waals surface area contributed by atoms with E-state index in [1.807, 2.05) is 43.3 Å². The zero-order chi connectivity index (χ0) is 15.1. The van der Waals surface area contributed by atoms with Crippen molar-refractivity contribution in [2.24, 2.45) is 0 Å². The molecule has 0 unspecified atom stereocenters. The van der Waals surface area contributed by atoms with Gasteiger partial charge in [-0.05, 0) is 24.6 Å². The van der Waals surface area contributed by atoms with Crippen molar-refractivity contribution in [1.29, 1.82) is 0 Å². The van der Waals surface area contributed by atoms with Gasteiger partial charge in [0.1, 0.15) is 5.82 Å². The van der Waals surface area contributed by atoms with Crippen molar-refractivity contribution in [1.82, 2.24) is 4.98 Å². The molecule has 4 nitrogen and oxygen atoms in total. The first-order valence-corrected chi connectivity index (χ1v) is 6.83. The standard InChI is InChI=1S/C17H19N3O/c1-3-10-18-16-9-8-15(12-19-16)20-17(21)11-14-6-4-13(2)5-7-14/h3-9,12H,1,10-11H2,2H3,(H,18,19)(H,20,21). The van der Waals surface area contributed by atoms with E-state index >= 15 is 0 Å². The molecule has 0 spiro atoms. The molecular formula is C17H19N3O. The molecule has 0 aliphatic carbocycles. The molecule has 21 heavy (non-hydrogen) atoms. The Hall–Kier alpha value is -2.62. The quantitative estimate of drug-likeness (QED) is 0.800. The van der Waals surface area contributed by atoms with Gasteiger partial charge in [0.2, 0.25) is 5.91 Å². The maximum absolute atomic E-state index is 12.0. The molecule has 108 valence electrons. The normalized spacial score (nSPS) is 9.95. The van der Waals surface area contributed by atoms with Gasteiger partial charge in [0, 0.05) is 6.54 Å². The maximum atomic E-state index is 12.0. The monoisotopic (exact) mass is 281 g/mol. The van der Waals surface area contributed by atoms with E-state index < -0.39 is 0 Å². The van der Waals surface area contributed by atoms with E-state index in [4.69, 9.17) is 0 Å². The van der Waals surface area contributed by atoms with Gasteiger partial charge in [0.15, 0.2) is 0 Å². The van der Waals surface area contributed by atoms with Crippen molar-refractivity contribution in [3.05, 3.63) is 66.4 Å². The van der Waals surface area contributed by atoms with Crippen LogP contribution in [0, 0.1) is 6.92 Å². The Bertz CT molecular complexity index is 603. The first kappa shape index (κ1) is 14.8. The van der Waals surface area contributed by atoms with Gasteiger partial charge in [-0.2, -0.15) is 0 Å². The van der Waals surface area contributed by atoms with Crippen molar-refractivity contribution >= 4 is 17.4 Å². The summed E-state index contributed by atoms with van der Waals surface area (Å²) in [6.07, 6.45) is 3.76. The average Bonchev–Trinajstić information content (AvgIpc) is 2.49. The second kappa shape index (κ2) is 7.24. The summed E-state index contributed by atoms with van der Waals surface area (Å²) in [5, 5.41) is 5.92. The number of aryl methyl sites for hydroxylation is 1. The predicted molar refractivity (Wildman–Crippen MR) is 86.4 cm³/mol.